The summed E-state index contributed by atoms with van der Waals surface area (Å²) in [5.74, 6) is -2.03. The zero-order valence-corrected chi connectivity index (χ0v) is 10.1. The first-order valence-electron chi connectivity index (χ1n) is 5.52. The molecule has 0 bridgehead atoms. The predicted molar refractivity (Wildman–Crippen MR) is 61.9 cm³/mol. The molecule has 0 aromatic heterocycles. The highest BCUT2D eigenvalue weighted by molar-refractivity contribution is 6.02. The number of aliphatic carboxylic acids is 1. The molecule has 1 fully saturated rings. The van der Waals surface area contributed by atoms with Gasteiger partial charge in [0.15, 0.2) is 0 Å². The van der Waals surface area contributed by atoms with Crippen molar-refractivity contribution in [1.82, 2.24) is 10.6 Å². The molecule has 1 aliphatic rings. The van der Waals surface area contributed by atoms with Crippen LogP contribution >= 0.6 is 0 Å². The van der Waals surface area contributed by atoms with Gasteiger partial charge < -0.3 is 15.2 Å². The Bertz CT molecular complexity index is 368. The van der Waals surface area contributed by atoms with Crippen LogP contribution in [0.5, 0.6) is 0 Å². The smallest absolute Gasteiger partial charge is 0.328 e. The van der Waals surface area contributed by atoms with Gasteiger partial charge in [-0.3, -0.25) is 10.1 Å². The van der Waals surface area contributed by atoms with Crippen LogP contribution in [0.4, 0.5) is 4.79 Å². The van der Waals surface area contributed by atoms with Crippen LogP contribution in [-0.2, 0) is 14.3 Å². The zero-order valence-electron chi connectivity index (χ0n) is 10.1. The minimum atomic E-state index is -1.25. The number of ether oxygens (including phenoxy) is 1. The van der Waals surface area contributed by atoms with Gasteiger partial charge in [-0.2, -0.15) is 0 Å². The number of carbonyl (C=O) groups is 3. The second kappa shape index (κ2) is 6.15. The molecular weight excluding hydrogens is 240 g/mol. The van der Waals surface area contributed by atoms with Crippen molar-refractivity contribution in [1.29, 1.82) is 0 Å². The van der Waals surface area contributed by atoms with E-state index in [-0.39, 0.29) is 5.60 Å². The molecule has 3 N–H and O–H groups in total. The minimum Gasteiger partial charge on any atom is -0.478 e. The summed E-state index contributed by atoms with van der Waals surface area (Å²) in [7, 11) is 1.58. The molecule has 0 atom stereocenters. The largest absolute Gasteiger partial charge is 0.478 e. The fourth-order valence-electron chi connectivity index (χ4n) is 1.61. The third-order valence-electron chi connectivity index (χ3n) is 2.88. The third-order valence-corrected chi connectivity index (χ3v) is 2.88. The standard InChI is InChI=1S/C11H16N2O5/c1-18-11(5-2-6-11)7-12-10(17)13-8(14)3-4-9(15)16/h3-4H,2,5-7H2,1H3,(H,15,16)(H2,12,13,14,17)/b4-3+. The van der Waals surface area contributed by atoms with Crippen LogP contribution in [0.15, 0.2) is 12.2 Å². The summed E-state index contributed by atoms with van der Waals surface area (Å²) in [5.41, 5.74) is -0.322. The fraction of sp³-hybridized carbons (Fsp3) is 0.545. The van der Waals surface area contributed by atoms with Crippen molar-refractivity contribution in [3.8, 4) is 0 Å². The van der Waals surface area contributed by atoms with E-state index in [2.05, 4.69) is 5.32 Å². The molecule has 100 valence electrons. The molecule has 0 unspecified atom stereocenters. The average molecular weight is 256 g/mol. The first-order chi connectivity index (χ1) is 8.47. The molecule has 1 rings (SSSR count). The van der Waals surface area contributed by atoms with Gasteiger partial charge in [0.25, 0.3) is 5.91 Å². The molecule has 0 aromatic carbocycles. The molecule has 3 amide bonds. The quantitative estimate of drug-likeness (QED) is 0.601. The van der Waals surface area contributed by atoms with Gasteiger partial charge in [0.1, 0.15) is 0 Å². The van der Waals surface area contributed by atoms with E-state index in [9.17, 15) is 14.4 Å². The van der Waals surface area contributed by atoms with E-state index < -0.39 is 17.9 Å². The van der Waals surface area contributed by atoms with E-state index in [0.717, 1.165) is 25.3 Å². The third kappa shape index (κ3) is 4.17. The fourth-order valence-corrected chi connectivity index (χ4v) is 1.61. The number of hydrogen-bond acceptors (Lipinski definition) is 4. The van der Waals surface area contributed by atoms with Gasteiger partial charge in [-0.25, -0.2) is 9.59 Å². The maximum absolute atomic E-state index is 11.3. The molecule has 0 saturated heterocycles. The molecule has 0 aromatic rings. The van der Waals surface area contributed by atoms with E-state index in [1.807, 2.05) is 5.32 Å². The topological polar surface area (TPSA) is 105 Å². The number of carboxylic acids is 1. The number of carbonyl (C=O) groups excluding carboxylic acids is 2. The lowest BCUT2D eigenvalue weighted by molar-refractivity contribution is -0.131. The van der Waals surface area contributed by atoms with Crippen molar-refractivity contribution in [3.05, 3.63) is 12.2 Å². The van der Waals surface area contributed by atoms with Crippen LogP contribution in [-0.4, -0.2) is 42.3 Å². The van der Waals surface area contributed by atoms with E-state index >= 15 is 0 Å². The number of methoxy groups -OCH3 is 1. The highest BCUT2D eigenvalue weighted by Gasteiger charge is 2.37. The summed E-state index contributed by atoms with van der Waals surface area (Å²) < 4.78 is 5.29. The van der Waals surface area contributed by atoms with Crippen molar-refractivity contribution in [3.63, 3.8) is 0 Å². The molecule has 1 saturated carbocycles. The number of hydrogen-bond donors (Lipinski definition) is 3. The Balaban J connectivity index is 2.29. The van der Waals surface area contributed by atoms with Gasteiger partial charge in [-0.15, -0.1) is 0 Å². The molecule has 7 heteroatoms. The van der Waals surface area contributed by atoms with Gasteiger partial charge >= 0.3 is 12.0 Å². The normalized spacial score (nSPS) is 16.9. The van der Waals surface area contributed by atoms with Crippen molar-refractivity contribution in [2.45, 2.75) is 24.9 Å². The monoisotopic (exact) mass is 256 g/mol. The minimum absolute atomic E-state index is 0.322. The Labute approximate surface area is 104 Å². The summed E-state index contributed by atoms with van der Waals surface area (Å²) in [4.78, 5) is 32.6. The van der Waals surface area contributed by atoms with Gasteiger partial charge in [0.2, 0.25) is 0 Å². The number of urea groups is 1. The maximum Gasteiger partial charge on any atom is 0.328 e. The van der Waals surface area contributed by atoms with Crippen molar-refractivity contribution >= 4 is 17.9 Å². The second-order valence-corrected chi connectivity index (χ2v) is 4.08. The molecule has 0 spiro atoms. The van der Waals surface area contributed by atoms with Crippen LogP contribution in [0, 0.1) is 0 Å². The molecule has 0 aliphatic heterocycles. The van der Waals surface area contributed by atoms with Crippen LogP contribution in [0.25, 0.3) is 0 Å². The van der Waals surface area contributed by atoms with Gasteiger partial charge in [-0.05, 0) is 19.3 Å². The van der Waals surface area contributed by atoms with Crippen molar-refractivity contribution in [2.75, 3.05) is 13.7 Å². The summed E-state index contributed by atoms with van der Waals surface area (Å²) in [6.07, 6.45) is 4.23. The summed E-state index contributed by atoms with van der Waals surface area (Å²) in [6, 6.07) is -0.668. The lowest BCUT2D eigenvalue weighted by atomic mass is 9.80. The lowest BCUT2D eigenvalue weighted by Crippen LogP contribution is -2.51. The summed E-state index contributed by atoms with van der Waals surface area (Å²) in [5, 5.41) is 12.8. The second-order valence-electron chi connectivity index (χ2n) is 4.08. The maximum atomic E-state index is 11.3. The molecular formula is C11H16N2O5. The van der Waals surface area contributed by atoms with Crippen LogP contribution in [0.2, 0.25) is 0 Å². The van der Waals surface area contributed by atoms with E-state index in [0.29, 0.717) is 12.6 Å². The number of carboxylic acid groups (broad SMARTS) is 1. The van der Waals surface area contributed by atoms with Gasteiger partial charge in [0, 0.05) is 25.8 Å². The number of nitrogens with one attached hydrogen (secondary N) is 2. The molecule has 0 heterocycles. The van der Waals surface area contributed by atoms with E-state index in [1.165, 1.54) is 0 Å². The SMILES string of the molecule is COC1(CNC(=O)NC(=O)/C=C/C(=O)O)CCC1. The first-order valence-corrected chi connectivity index (χ1v) is 5.52. The Hall–Kier alpha value is -1.89. The van der Waals surface area contributed by atoms with E-state index in [1.54, 1.807) is 7.11 Å². The van der Waals surface area contributed by atoms with Gasteiger partial charge in [-0.1, -0.05) is 0 Å². The summed E-state index contributed by atoms with van der Waals surface area (Å²) >= 11 is 0. The number of rotatable bonds is 5. The lowest BCUT2D eigenvalue weighted by Gasteiger charge is -2.40. The van der Waals surface area contributed by atoms with E-state index in [4.69, 9.17) is 9.84 Å². The Morgan fingerprint density at radius 3 is 2.44 bits per heavy atom. The molecule has 1 aliphatic carbocycles. The Kier molecular flexibility index (Phi) is 4.85. The highest BCUT2D eigenvalue weighted by atomic mass is 16.5. The van der Waals surface area contributed by atoms with Crippen molar-refractivity contribution < 1.29 is 24.2 Å². The van der Waals surface area contributed by atoms with Crippen LogP contribution in [0.1, 0.15) is 19.3 Å². The molecule has 7 nitrogen and oxygen atoms in total. The number of imide groups is 1. The zero-order chi connectivity index (χ0) is 13.6. The van der Waals surface area contributed by atoms with Crippen LogP contribution in [0.3, 0.4) is 0 Å². The van der Waals surface area contributed by atoms with Crippen molar-refractivity contribution in [2.24, 2.45) is 0 Å². The molecule has 18 heavy (non-hydrogen) atoms. The summed E-state index contributed by atoms with van der Waals surface area (Å²) in [6.45, 7) is 0.325. The number of amides is 3. The predicted octanol–water partition coefficient (Wildman–Crippen LogP) is 0.0221. The highest BCUT2D eigenvalue weighted by Crippen LogP contribution is 2.34. The Morgan fingerprint density at radius 1 is 1.33 bits per heavy atom. The average Bonchev–Trinajstić information content (AvgIpc) is 2.25. The van der Waals surface area contributed by atoms with Gasteiger partial charge in [0.05, 0.1) is 5.60 Å². The Morgan fingerprint density at radius 2 is 2.00 bits per heavy atom. The molecule has 0 radical (unpaired) electrons. The first kappa shape index (κ1) is 14.2. The van der Waals surface area contributed by atoms with Crippen LogP contribution < -0.4 is 10.6 Å².